The molecule has 7 nitrogen and oxygen atoms in total. The Labute approximate surface area is 192 Å². The lowest BCUT2D eigenvalue weighted by Gasteiger charge is -2.40. The van der Waals surface area contributed by atoms with Crippen LogP contribution in [-0.2, 0) is 19.6 Å². The van der Waals surface area contributed by atoms with Crippen LogP contribution in [0.4, 0.5) is 5.69 Å². The molecule has 1 N–H and O–H groups in total. The molecular weight excluding hydrogens is 446 g/mol. The van der Waals surface area contributed by atoms with Crippen molar-refractivity contribution in [1.29, 1.82) is 0 Å². The number of aliphatic imine (C=N–C) groups is 1. The van der Waals surface area contributed by atoms with Crippen LogP contribution in [0, 0.1) is 0 Å². The lowest BCUT2D eigenvalue weighted by atomic mass is 9.94. The summed E-state index contributed by atoms with van der Waals surface area (Å²) in [7, 11) is -3.73. The number of ether oxygens (including phenoxy) is 1. The van der Waals surface area contributed by atoms with E-state index in [4.69, 9.17) is 4.74 Å². The Morgan fingerprint density at radius 1 is 1.22 bits per heavy atom. The van der Waals surface area contributed by atoms with Gasteiger partial charge >= 0.3 is 5.97 Å². The largest absolute Gasteiger partial charge is 0.463 e. The molecule has 2 aromatic carbocycles. The predicted octanol–water partition coefficient (Wildman–Crippen LogP) is 4.17. The number of thioether (sulfide) groups is 1. The van der Waals surface area contributed by atoms with E-state index in [1.165, 1.54) is 0 Å². The molecule has 0 bridgehead atoms. The zero-order valence-electron chi connectivity index (χ0n) is 17.9. The summed E-state index contributed by atoms with van der Waals surface area (Å²) in [6, 6.07) is 15.0. The van der Waals surface area contributed by atoms with Gasteiger partial charge in [0.1, 0.15) is 0 Å². The first-order valence-electron chi connectivity index (χ1n) is 10.4. The molecule has 1 saturated heterocycles. The molecule has 0 amide bonds. The van der Waals surface area contributed by atoms with Gasteiger partial charge in [0.2, 0.25) is 0 Å². The van der Waals surface area contributed by atoms with E-state index in [0.717, 1.165) is 29.4 Å². The summed E-state index contributed by atoms with van der Waals surface area (Å²) in [4.78, 5) is 19.8. The molecule has 0 spiro atoms. The van der Waals surface area contributed by atoms with Crippen molar-refractivity contribution >= 4 is 38.6 Å². The van der Waals surface area contributed by atoms with Crippen molar-refractivity contribution in [2.75, 3.05) is 23.6 Å². The highest BCUT2D eigenvalue weighted by atomic mass is 32.2. The van der Waals surface area contributed by atoms with Crippen molar-refractivity contribution in [1.82, 2.24) is 4.90 Å². The topological polar surface area (TPSA) is 88.1 Å². The number of carbonyl (C=O) groups excluding carboxylic acids is 1. The highest BCUT2D eigenvalue weighted by Gasteiger charge is 2.38. The van der Waals surface area contributed by atoms with Crippen LogP contribution in [0.1, 0.15) is 31.9 Å². The molecule has 2 aliphatic heterocycles. The number of esters is 1. The first-order chi connectivity index (χ1) is 15.4. The van der Waals surface area contributed by atoms with E-state index >= 15 is 0 Å². The summed E-state index contributed by atoms with van der Waals surface area (Å²) < 4.78 is 33.6. The van der Waals surface area contributed by atoms with Gasteiger partial charge in [-0.2, -0.15) is 0 Å². The Morgan fingerprint density at radius 3 is 2.75 bits per heavy atom. The smallest absolute Gasteiger partial charge is 0.338 e. The van der Waals surface area contributed by atoms with E-state index in [9.17, 15) is 13.2 Å². The molecule has 32 heavy (non-hydrogen) atoms. The number of nitrogens with zero attached hydrogens (tertiary/aromatic N) is 2. The van der Waals surface area contributed by atoms with E-state index in [2.05, 4.69) is 14.6 Å². The number of nitrogens with one attached hydrogen (secondary N) is 1. The summed E-state index contributed by atoms with van der Waals surface area (Å²) in [5.74, 6) is 0.574. The maximum atomic E-state index is 12.9. The quantitative estimate of drug-likeness (QED) is 0.636. The van der Waals surface area contributed by atoms with Crippen molar-refractivity contribution in [2.45, 2.75) is 31.2 Å². The van der Waals surface area contributed by atoms with Gasteiger partial charge < -0.3 is 9.64 Å². The molecule has 4 rings (SSSR count). The lowest BCUT2D eigenvalue weighted by molar-refractivity contribution is -0.139. The normalized spacial score (nSPS) is 18.6. The van der Waals surface area contributed by atoms with Crippen LogP contribution < -0.4 is 4.72 Å². The van der Waals surface area contributed by atoms with Crippen LogP contribution in [0.5, 0.6) is 0 Å². The standard InChI is InChI=1S/C23H25N3O4S2/c1-3-30-22(27)20-16(2)24-23-26(13-8-14-31-23)21(20)17-9-7-10-18(15-17)25-32(28,29)19-11-5-4-6-12-19/h4-7,9-12,15,21,25H,3,8,13-14H2,1-2H3. The third-order valence-corrected chi connectivity index (χ3v) is 7.74. The molecule has 1 fully saturated rings. The summed E-state index contributed by atoms with van der Waals surface area (Å²) in [6.45, 7) is 4.62. The fourth-order valence-electron chi connectivity index (χ4n) is 3.87. The van der Waals surface area contributed by atoms with Crippen LogP contribution in [-0.4, -0.2) is 43.4 Å². The Bertz CT molecular complexity index is 1180. The Balaban J connectivity index is 1.72. The zero-order chi connectivity index (χ0) is 22.7. The number of rotatable bonds is 6. The van der Waals surface area contributed by atoms with Crippen LogP contribution in [0.25, 0.3) is 0 Å². The lowest BCUT2D eigenvalue weighted by Crippen LogP contribution is -2.42. The van der Waals surface area contributed by atoms with E-state index in [0.29, 0.717) is 17.0 Å². The van der Waals surface area contributed by atoms with Crippen LogP contribution in [0.3, 0.4) is 0 Å². The number of sulfonamides is 1. The number of benzene rings is 2. The van der Waals surface area contributed by atoms with Gasteiger partial charge in [-0.1, -0.05) is 42.1 Å². The van der Waals surface area contributed by atoms with Crippen molar-refractivity contribution in [3.8, 4) is 0 Å². The zero-order valence-corrected chi connectivity index (χ0v) is 19.6. The summed E-state index contributed by atoms with van der Waals surface area (Å²) in [5.41, 5.74) is 2.35. The third-order valence-electron chi connectivity index (χ3n) is 5.26. The molecule has 0 radical (unpaired) electrons. The third kappa shape index (κ3) is 4.54. The molecule has 2 aliphatic rings. The molecular formula is C23H25N3O4S2. The second-order valence-corrected chi connectivity index (χ2v) is 10.2. The van der Waals surface area contributed by atoms with Crippen molar-refractivity contribution in [3.05, 3.63) is 71.4 Å². The monoisotopic (exact) mass is 471 g/mol. The molecule has 168 valence electrons. The first kappa shape index (κ1) is 22.4. The highest BCUT2D eigenvalue weighted by molar-refractivity contribution is 8.13. The number of hydrogen-bond donors (Lipinski definition) is 1. The SMILES string of the molecule is CCOC(=O)C1=C(C)N=C2SCCCN2C1c1cccc(NS(=O)(=O)c2ccccc2)c1. The maximum Gasteiger partial charge on any atom is 0.338 e. The Morgan fingerprint density at radius 2 is 2.00 bits per heavy atom. The van der Waals surface area contributed by atoms with Crippen LogP contribution in [0.15, 0.2) is 75.8 Å². The fourth-order valence-corrected chi connectivity index (χ4v) is 5.96. The van der Waals surface area contributed by atoms with E-state index in [1.807, 2.05) is 13.0 Å². The molecule has 0 aromatic heterocycles. The number of fused-ring (bicyclic) bond motifs is 1. The van der Waals surface area contributed by atoms with Gasteiger partial charge in [0.15, 0.2) is 5.17 Å². The Hall–Kier alpha value is -2.78. The minimum atomic E-state index is -3.73. The number of hydrogen-bond acceptors (Lipinski definition) is 7. The maximum absolute atomic E-state index is 12.9. The number of amidine groups is 1. The molecule has 2 aromatic rings. The van der Waals surface area contributed by atoms with Gasteiger partial charge in [0, 0.05) is 18.0 Å². The minimum Gasteiger partial charge on any atom is -0.463 e. The van der Waals surface area contributed by atoms with Gasteiger partial charge in [-0.25, -0.2) is 18.2 Å². The average molecular weight is 472 g/mol. The van der Waals surface area contributed by atoms with Gasteiger partial charge in [0.25, 0.3) is 10.0 Å². The molecule has 0 saturated carbocycles. The number of allylic oxidation sites excluding steroid dienone is 1. The van der Waals surface area contributed by atoms with E-state index in [-0.39, 0.29) is 11.5 Å². The van der Waals surface area contributed by atoms with E-state index < -0.39 is 22.0 Å². The van der Waals surface area contributed by atoms with Gasteiger partial charge in [0.05, 0.1) is 28.8 Å². The first-order valence-corrected chi connectivity index (χ1v) is 12.9. The Kier molecular flexibility index (Phi) is 6.57. The fraction of sp³-hybridized carbons (Fsp3) is 0.304. The van der Waals surface area contributed by atoms with Crippen LogP contribution in [0.2, 0.25) is 0 Å². The molecule has 1 atom stereocenters. The minimum absolute atomic E-state index is 0.188. The van der Waals surface area contributed by atoms with Crippen molar-refractivity contribution in [3.63, 3.8) is 0 Å². The molecule has 2 heterocycles. The molecule has 0 aliphatic carbocycles. The van der Waals surface area contributed by atoms with Gasteiger partial charge in [-0.05, 0) is 50.1 Å². The molecule has 1 unspecified atom stereocenters. The van der Waals surface area contributed by atoms with Gasteiger partial charge in [-0.3, -0.25) is 4.72 Å². The number of anilines is 1. The summed E-state index contributed by atoms with van der Waals surface area (Å²) >= 11 is 1.67. The second-order valence-electron chi connectivity index (χ2n) is 7.46. The summed E-state index contributed by atoms with van der Waals surface area (Å²) in [6.07, 6.45) is 0.968. The molecule has 9 heteroatoms. The van der Waals surface area contributed by atoms with Crippen molar-refractivity contribution < 1.29 is 17.9 Å². The van der Waals surface area contributed by atoms with Crippen molar-refractivity contribution in [2.24, 2.45) is 4.99 Å². The predicted molar refractivity (Wildman–Crippen MR) is 127 cm³/mol. The highest BCUT2D eigenvalue weighted by Crippen LogP contribution is 2.40. The van der Waals surface area contributed by atoms with Gasteiger partial charge in [-0.15, -0.1) is 0 Å². The second kappa shape index (κ2) is 9.38. The van der Waals surface area contributed by atoms with E-state index in [1.54, 1.807) is 67.2 Å². The average Bonchev–Trinajstić information content (AvgIpc) is 2.78. The summed E-state index contributed by atoms with van der Waals surface area (Å²) in [5, 5.41) is 0.877. The van der Waals surface area contributed by atoms with Crippen LogP contribution >= 0.6 is 11.8 Å². The number of carbonyl (C=O) groups is 1.